The van der Waals surface area contributed by atoms with Crippen LogP contribution in [-0.4, -0.2) is 48.0 Å². The Balaban J connectivity index is 0.888. The van der Waals surface area contributed by atoms with Gasteiger partial charge in [0.05, 0.1) is 0 Å². The van der Waals surface area contributed by atoms with E-state index in [2.05, 4.69) is 59.2 Å². The molecule has 8 rings (SSSR count). The van der Waals surface area contributed by atoms with Crippen molar-refractivity contribution in [2.75, 3.05) is 13.2 Å². The van der Waals surface area contributed by atoms with Crippen molar-refractivity contribution in [2.45, 2.75) is 50.2 Å². The first-order valence-corrected chi connectivity index (χ1v) is 19.0. The Labute approximate surface area is 321 Å². The number of ether oxygens (including phenoxy) is 2. The minimum Gasteiger partial charge on any atom is -0.457 e. The van der Waals surface area contributed by atoms with Gasteiger partial charge < -0.3 is 25.0 Å². The third-order valence-corrected chi connectivity index (χ3v) is 10.6. The number of piperazine rings is 1. The van der Waals surface area contributed by atoms with Gasteiger partial charge in [-0.1, -0.05) is 121 Å². The lowest BCUT2D eigenvalue weighted by molar-refractivity contribution is -0.150. The third-order valence-electron chi connectivity index (χ3n) is 10.6. The Morgan fingerprint density at radius 3 is 2.05 bits per heavy atom. The number of fused-ring (bicyclic) bond motifs is 4. The Morgan fingerprint density at radius 2 is 1.31 bits per heavy atom. The smallest absolute Gasteiger partial charge is 0.407 e. The number of para-hydroxylation sites is 1. The minimum atomic E-state index is -0.680. The molecule has 8 heteroatoms. The number of alkyl carbamates (subject to hydrolysis) is 1. The minimum absolute atomic E-state index is 0.0101. The monoisotopic (exact) mass is 729 g/mol. The van der Waals surface area contributed by atoms with Gasteiger partial charge in [0.1, 0.15) is 30.2 Å². The number of unbranched alkanes of at least 4 members (excludes halogenated alkanes) is 1. The molecule has 1 aliphatic heterocycles. The van der Waals surface area contributed by atoms with Gasteiger partial charge in [0.2, 0.25) is 11.8 Å². The number of carbonyl (C=O) groups is 3. The molecule has 2 atom stereocenters. The fourth-order valence-electron chi connectivity index (χ4n) is 7.83. The van der Waals surface area contributed by atoms with E-state index in [0.717, 1.165) is 38.8 Å². The molecule has 1 saturated heterocycles. The summed E-state index contributed by atoms with van der Waals surface area (Å²) in [5, 5.41) is 8.14. The standard InChI is InChI=1S/C47H43N3O5/c51-45-44(20-10-11-27-48-47(53)54-31-42-40-18-8-6-16-38(40)39-17-7-9-19-41(39)42)50(30-32-22-25-37(26-23-32)55-36-14-2-1-3-15-36)46(52)43(49-45)29-33-21-24-34-12-4-5-13-35(34)28-33/h1-9,12-19,21-26,28,42-44H,10-11,20,27,29-31H2,(H,48,53)(H,49,51)/t43-,44-/m0/s1. The summed E-state index contributed by atoms with van der Waals surface area (Å²) in [4.78, 5) is 42.4. The average Bonchev–Trinajstić information content (AvgIpc) is 3.54. The fourth-order valence-corrected chi connectivity index (χ4v) is 7.83. The zero-order chi connectivity index (χ0) is 37.6. The van der Waals surface area contributed by atoms with Crippen molar-refractivity contribution in [3.63, 3.8) is 0 Å². The Bertz CT molecular complexity index is 2260. The van der Waals surface area contributed by atoms with Crippen LogP contribution in [0.3, 0.4) is 0 Å². The van der Waals surface area contributed by atoms with Crippen LogP contribution in [0.2, 0.25) is 0 Å². The second kappa shape index (κ2) is 16.3. The lowest BCUT2D eigenvalue weighted by atomic mass is 9.96. The number of hydrogen-bond donors (Lipinski definition) is 2. The van der Waals surface area contributed by atoms with Crippen LogP contribution >= 0.6 is 0 Å². The summed E-state index contributed by atoms with van der Waals surface area (Å²) < 4.78 is 11.7. The first-order valence-electron chi connectivity index (χ1n) is 19.0. The van der Waals surface area contributed by atoms with Crippen LogP contribution in [0.25, 0.3) is 21.9 Å². The molecular formula is C47H43N3O5. The van der Waals surface area contributed by atoms with Gasteiger partial charge in [0.25, 0.3) is 0 Å². The Morgan fingerprint density at radius 1 is 0.673 bits per heavy atom. The first-order chi connectivity index (χ1) is 27.0. The maximum Gasteiger partial charge on any atom is 0.407 e. The zero-order valence-corrected chi connectivity index (χ0v) is 30.5. The van der Waals surface area contributed by atoms with Crippen LogP contribution in [-0.2, 0) is 27.3 Å². The van der Waals surface area contributed by atoms with Crippen molar-refractivity contribution in [3.05, 3.63) is 168 Å². The highest BCUT2D eigenvalue weighted by Gasteiger charge is 2.40. The molecule has 1 aliphatic carbocycles. The van der Waals surface area contributed by atoms with E-state index in [-0.39, 0.29) is 30.9 Å². The van der Waals surface area contributed by atoms with E-state index in [1.165, 1.54) is 11.1 Å². The molecule has 6 aromatic carbocycles. The van der Waals surface area contributed by atoms with Gasteiger partial charge in [0, 0.05) is 25.4 Å². The van der Waals surface area contributed by atoms with Crippen molar-refractivity contribution in [1.82, 2.24) is 15.5 Å². The molecule has 0 radical (unpaired) electrons. The van der Waals surface area contributed by atoms with E-state index in [0.29, 0.717) is 38.0 Å². The number of rotatable bonds is 13. The van der Waals surface area contributed by atoms with Gasteiger partial charge in [-0.2, -0.15) is 0 Å². The van der Waals surface area contributed by atoms with Crippen LogP contribution in [0.4, 0.5) is 4.79 Å². The van der Waals surface area contributed by atoms with E-state index in [1.54, 1.807) is 4.90 Å². The summed E-state index contributed by atoms with van der Waals surface area (Å²) in [6.45, 7) is 0.931. The maximum atomic E-state index is 14.2. The van der Waals surface area contributed by atoms with E-state index in [1.807, 2.05) is 97.1 Å². The van der Waals surface area contributed by atoms with Crippen molar-refractivity contribution < 1.29 is 23.9 Å². The predicted octanol–water partition coefficient (Wildman–Crippen LogP) is 8.78. The van der Waals surface area contributed by atoms with Crippen LogP contribution < -0.4 is 15.4 Å². The molecule has 1 fully saturated rings. The highest BCUT2D eigenvalue weighted by Crippen LogP contribution is 2.44. The van der Waals surface area contributed by atoms with Crippen LogP contribution in [0.1, 0.15) is 47.4 Å². The molecule has 0 saturated carbocycles. The normalized spacial score (nSPS) is 16.3. The number of benzene rings is 6. The molecule has 3 amide bonds. The number of carbonyl (C=O) groups excluding carboxylic acids is 3. The first kappa shape index (κ1) is 35.6. The van der Waals surface area contributed by atoms with E-state index < -0.39 is 18.2 Å². The van der Waals surface area contributed by atoms with Crippen molar-refractivity contribution >= 4 is 28.7 Å². The molecule has 0 unspecified atom stereocenters. The predicted molar refractivity (Wildman–Crippen MR) is 214 cm³/mol. The second-order valence-electron chi connectivity index (χ2n) is 14.2. The molecular weight excluding hydrogens is 687 g/mol. The summed E-state index contributed by atoms with van der Waals surface area (Å²) in [6.07, 6.45) is 1.64. The number of hydrogen-bond acceptors (Lipinski definition) is 5. The molecule has 1 heterocycles. The van der Waals surface area contributed by atoms with Gasteiger partial charge in [-0.3, -0.25) is 9.59 Å². The van der Waals surface area contributed by atoms with Crippen molar-refractivity contribution in [2.24, 2.45) is 0 Å². The van der Waals surface area contributed by atoms with Crippen LogP contribution in [0, 0.1) is 0 Å². The summed E-state index contributed by atoms with van der Waals surface area (Å²) >= 11 is 0. The van der Waals surface area contributed by atoms with Gasteiger partial charge in [-0.15, -0.1) is 0 Å². The lowest BCUT2D eigenvalue weighted by Crippen LogP contribution is -2.63. The molecule has 6 aromatic rings. The van der Waals surface area contributed by atoms with Gasteiger partial charge in [-0.25, -0.2) is 4.79 Å². The van der Waals surface area contributed by atoms with Crippen LogP contribution in [0.15, 0.2) is 146 Å². The highest BCUT2D eigenvalue weighted by molar-refractivity contribution is 5.97. The van der Waals surface area contributed by atoms with E-state index in [9.17, 15) is 14.4 Å². The quantitative estimate of drug-likeness (QED) is 0.116. The molecule has 0 spiro atoms. The van der Waals surface area contributed by atoms with E-state index >= 15 is 0 Å². The van der Waals surface area contributed by atoms with Gasteiger partial charge in [-0.05, 0) is 87.7 Å². The SMILES string of the molecule is O=C(NCCCC[C@H]1C(=O)N[C@@H](Cc2ccc3ccccc3c2)C(=O)N1Cc1ccc(Oc2ccccc2)cc1)OCC1c2ccccc2-c2ccccc21. The Hall–Kier alpha value is -6.41. The molecule has 2 N–H and O–H groups in total. The fraction of sp³-hybridized carbons (Fsp3) is 0.213. The summed E-state index contributed by atoms with van der Waals surface area (Å²) in [7, 11) is 0. The Kier molecular flexibility index (Phi) is 10.6. The number of amides is 3. The third kappa shape index (κ3) is 8.09. The zero-order valence-electron chi connectivity index (χ0n) is 30.5. The highest BCUT2D eigenvalue weighted by atomic mass is 16.5. The summed E-state index contributed by atoms with van der Waals surface area (Å²) in [5.74, 6) is 1.14. The largest absolute Gasteiger partial charge is 0.457 e. The molecule has 2 aliphatic rings. The van der Waals surface area contributed by atoms with Crippen molar-refractivity contribution in [1.29, 1.82) is 0 Å². The van der Waals surface area contributed by atoms with Gasteiger partial charge in [0.15, 0.2) is 0 Å². The molecule has 0 aromatic heterocycles. The maximum absolute atomic E-state index is 14.2. The average molecular weight is 730 g/mol. The molecule has 8 nitrogen and oxygen atoms in total. The second-order valence-corrected chi connectivity index (χ2v) is 14.2. The molecule has 276 valence electrons. The molecule has 0 bridgehead atoms. The topological polar surface area (TPSA) is 97.0 Å². The molecule has 55 heavy (non-hydrogen) atoms. The number of nitrogens with one attached hydrogen (secondary N) is 2. The number of nitrogens with zero attached hydrogens (tertiary/aromatic N) is 1. The van der Waals surface area contributed by atoms with E-state index in [4.69, 9.17) is 9.47 Å². The summed E-state index contributed by atoms with van der Waals surface area (Å²) in [6, 6.07) is 46.6. The van der Waals surface area contributed by atoms with Gasteiger partial charge >= 0.3 is 6.09 Å². The lowest BCUT2D eigenvalue weighted by Gasteiger charge is -2.39. The van der Waals surface area contributed by atoms with Crippen LogP contribution in [0.5, 0.6) is 11.5 Å². The summed E-state index contributed by atoms with van der Waals surface area (Å²) in [5.41, 5.74) is 6.57. The van der Waals surface area contributed by atoms with Crippen molar-refractivity contribution in [3.8, 4) is 22.6 Å².